The van der Waals surface area contributed by atoms with Crippen molar-refractivity contribution in [3.05, 3.63) is 0 Å². The van der Waals surface area contributed by atoms with Crippen molar-refractivity contribution < 1.29 is 0 Å². The quantitative estimate of drug-likeness (QED) is 0.717. The first-order valence-corrected chi connectivity index (χ1v) is 5.66. The van der Waals surface area contributed by atoms with E-state index in [4.69, 9.17) is 5.26 Å². The average Bonchev–Trinajstić information content (AvgIpc) is 2.25. The maximum absolute atomic E-state index is 8.53. The number of piperidine rings is 1. The maximum atomic E-state index is 8.53. The van der Waals surface area contributed by atoms with Gasteiger partial charge >= 0.3 is 0 Å². The molecule has 1 rings (SSSR count). The monoisotopic (exact) mass is 195 g/mol. The van der Waals surface area contributed by atoms with Crippen LogP contribution >= 0.6 is 0 Å². The van der Waals surface area contributed by atoms with Crippen molar-refractivity contribution in [2.45, 2.75) is 26.2 Å². The van der Waals surface area contributed by atoms with E-state index in [1.807, 2.05) is 0 Å². The van der Waals surface area contributed by atoms with Crippen LogP contribution in [0.5, 0.6) is 0 Å². The first kappa shape index (κ1) is 11.5. The van der Waals surface area contributed by atoms with Crippen LogP contribution in [0.1, 0.15) is 26.2 Å². The highest BCUT2D eigenvalue weighted by atomic mass is 15.1. The predicted molar refractivity (Wildman–Crippen MR) is 57.9 cm³/mol. The van der Waals surface area contributed by atoms with E-state index in [0.29, 0.717) is 6.42 Å². The van der Waals surface area contributed by atoms with Crippen LogP contribution in [0.15, 0.2) is 0 Å². The van der Waals surface area contributed by atoms with Gasteiger partial charge in [0.1, 0.15) is 0 Å². The largest absolute Gasteiger partial charge is 0.316 e. The van der Waals surface area contributed by atoms with E-state index >= 15 is 0 Å². The summed E-state index contributed by atoms with van der Waals surface area (Å²) in [6.45, 7) is 7.67. The Morgan fingerprint density at radius 3 is 3.00 bits per heavy atom. The summed E-state index contributed by atoms with van der Waals surface area (Å²) in [5, 5.41) is 12.0. The molecule has 0 aromatic rings. The lowest BCUT2D eigenvalue weighted by Crippen LogP contribution is -2.38. The second-order valence-electron chi connectivity index (χ2n) is 4.01. The summed E-state index contributed by atoms with van der Waals surface area (Å²) in [5.74, 6) is 0.794. The molecule has 0 bridgehead atoms. The van der Waals surface area contributed by atoms with Gasteiger partial charge in [-0.05, 0) is 38.4 Å². The van der Waals surface area contributed by atoms with Gasteiger partial charge in [0.25, 0.3) is 0 Å². The van der Waals surface area contributed by atoms with Crippen molar-refractivity contribution in [2.24, 2.45) is 5.92 Å². The molecule has 1 unspecified atom stereocenters. The topological polar surface area (TPSA) is 39.1 Å². The van der Waals surface area contributed by atoms with E-state index in [0.717, 1.165) is 32.1 Å². The number of nitriles is 1. The lowest BCUT2D eigenvalue weighted by molar-refractivity contribution is 0.220. The summed E-state index contributed by atoms with van der Waals surface area (Å²) >= 11 is 0. The molecular formula is C11H21N3. The van der Waals surface area contributed by atoms with E-state index in [2.05, 4.69) is 23.2 Å². The zero-order valence-electron chi connectivity index (χ0n) is 9.13. The molecule has 1 saturated heterocycles. The standard InChI is InChI=1S/C11H21N3/c1-2-14(8-4-6-12)10-11-5-3-7-13-9-11/h11,13H,2-5,7-10H2,1H3. The molecule has 1 heterocycles. The van der Waals surface area contributed by atoms with Gasteiger partial charge in [0, 0.05) is 19.5 Å². The second-order valence-corrected chi connectivity index (χ2v) is 4.01. The lowest BCUT2D eigenvalue weighted by atomic mass is 9.99. The minimum Gasteiger partial charge on any atom is -0.316 e. The highest BCUT2D eigenvalue weighted by molar-refractivity contribution is 4.76. The second kappa shape index (κ2) is 6.80. The molecule has 1 N–H and O–H groups in total. The molecule has 0 aromatic carbocycles. The Kier molecular flexibility index (Phi) is 5.58. The molecule has 1 atom stereocenters. The Hall–Kier alpha value is -0.590. The Bertz CT molecular complexity index is 179. The van der Waals surface area contributed by atoms with Crippen LogP contribution in [-0.2, 0) is 0 Å². The van der Waals surface area contributed by atoms with Crippen molar-refractivity contribution in [1.29, 1.82) is 5.26 Å². The van der Waals surface area contributed by atoms with Crippen molar-refractivity contribution in [3.8, 4) is 6.07 Å². The number of hydrogen-bond acceptors (Lipinski definition) is 3. The molecule has 0 aromatic heterocycles. The van der Waals surface area contributed by atoms with Crippen molar-refractivity contribution in [2.75, 3.05) is 32.7 Å². The van der Waals surface area contributed by atoms with Crippen LogP contribution in [-0.4, -0.2) is 37.6 Å². The number of rotatable bonds is 5. The summed E-state index contributed by atoms with van der Waals surface area (Å²) in [6, 6.07) is 2.21. The third kappa shape index (κ3) is 4.08. The van der Waals surface area contributed by atoms with Gasteiger partial charge in [-0.2, -0.15) is 5.26 Å². The van der Waals surface area contributed by atoms with Crippen LogP contribution in [0.3, 0.4) is 0 Å². The SMILES string of the molecule is CCN(CCC#N)CC1CCCNC1. The summed E-state index contributed by atoms with van der Waals surface area (Å²) < 4.78 is 0. The smallest absolute Gasteiger partial charge is 0.0635 e. The number of nitrogens with zero attached hydrogens (tertiary/aromatic N) is 2. The highest BCUT2D eigenvalue weighted by Crippen LogP contribution is 2.11. The van der Waals surface area contributed by atoms with Crippen LogP contribution in [0.2, 0.25) is 0 Å². The molecule has 0 radical (unpaired) electrons. The van der Waals surface area contributed by atoms with Gasteiger partial charge in [-0.3, -0.25) is 0 Å². The van der Waals surface area contributed by atoms with Gasteiger partial charge in [-0.25, -0.2) is 0 Å². The molecule has 1 aliphatic heterocycles. The molecule has 3 heteroatoms. The van der Waals surface area contributed by atoms with Crippen LogP contribution in [0.25, 0.3) is 0 Å². The molecule has 3 nitrogen and oxygen atoms in total. The molecule has 0 aliphatic carbocycles. The van der Waals surface area contributed by atoms with E-state index in [-0.39, 0.29) is 0 Å². The average molecular weight is 195 g/mol. The fraction of sp³-hybridized carbons (Fsp3) is 0.909. The fourth-order valence-electron chi connectivity index (χ4n) is 2.03. The molecular weight excluding hydrogens is 174 g/mol. The third-order valence-corrected chi connectivity index (χ3v) is 2.90. The maximum Gasteiger partial charge on any atom is 0.0635 e. The van der Waals surface area contributed by atoms with Crippen molar-refractivity contribution >= 4 is 0 Å². The lowest BCUT2D eigenvalue weighted by Gasteiger charge is -2.28. The molecule has 1 aliphatic rings. The predicted octanol–water partition coefficient (Wildman–Crippen LogP) is 1.22. The molecule has 1 fully saturated rings. The van der Waals surface area contributed by atoms with Crippen molar-refractivity contribution in [1.82, 2.24) is 10.2 Å². The Morgan fingerprint density at radius 1 is 1.57 bits per heavy atom. The summed E-state index contributed by atoms with van der Waals surface area (Å²) in [4.78, 5) is 2.39. The summed E-state index contributed by atoms with van der Waals surface area (Å²) in [7, 11) is 0. The Labute approximate surface area is 87.1 Å². The van der Waals surface area contributed by atoms with Crippen LogP contribution in [0.4, 0.5) is 0 Å². The van der Waals surface area contributed by atoms with Crippen molar-refractivity contribution in [3.63, 3.8) is 0 Å². The van der Waals surface area contributed by atoms with Gasteiger partial charge in [0.2, 0.25) is 0 Å². The first-order valence-electron chi connectivity index (χ1n) is 5.66. The zero-order valence-corrected chi connectivity index (χ0v) is 9.13. The Balaban J connectivity index is 2.20. The highest BCUT2D eigenvalue weighted by Gasteiger charge is 2.15. The molecule has 14 heavy (non-hydrogen) atoms. The normalized spacial score (nSPS) is 22.2. The minimum atomic E-state index is 0.661. The summed E-state index contributed by atoms with van der Waals surface area (Å²) in [6.07, 6.45) is 3.31. The number of nitrogens with one attached hydrogen (secondary N) is 1. The fourth-order valence-corrected chi connectivity index (χ4v) is 2.03. The third-order valence-electron chi connectivity index (χ3n) is 2.90. The van der Waals surface area contributed by atoms with Gasteiger partial charge in [0.05, 0.1) is 6.07 Å². The van der Waals surface area contributed by atoms with Gasteiger partial charge in [-0.1, -0.05) is 6.92 Å². The van der Waals surface area contributed by atoms with Crippen LogP contribution in [0, 0.1) is 17.2 Å². The van der Waals surface area contributed by atoms with Gasteiger partial charge in [-0.15, -0.1) is 0 Å². The first-order chi connectivity index (χ1) is 6.86. The molecule has 0 spiro atoms. The van der Waals surface area contributed by atoms with Crippen LogP contribution < -0.4 is 5.32 Å². The minimum absolute atomic E-state index is 0.661. The summed E-state index contributed by atoms with van der Waals surface area (Å²) in [5.41, 5.74) is 0. The van der Waals surface area contributed by atoms with Gasteiger partial charge < -0.3 is 10.2 Å². The van der Waals surface area contributed by atoms with E-state index in [9.17, 15) is 0 Å². The van der Waals surface area contributed by atoms with E-state index in [1.165, 1.54) is 19.4 Å². The zero-order chi connectivity index (χ0) is 10.2. The molecule has 0 saturated carbocycles. The Morgan fingerprint density at radius 2 is 2.43 bits per heavy atom. The van der Waals surface area contributed by atoms with E-state index < -0.39 is 0 Å². The number of hydrogen-bond donors (Lipinski definition) is 1. The molecule has 80 valence electrons. The van der Waals surface area contributed by atoms with E-state index in [1.54, 1.807) is 0 Å². The molecule has 0 amide bonds. The van der Waals surface area contributed by atoms with Gasteiger partial charge in [0.15, 0.2) is 0 Å².